The first-order valence-electron chi connectivity index (χ1n) is 14.7. The summed E-state index contributed by atoms with van der Waals surface area (Å²) in [5, 5.41) is 9.36. The Balaban J connectivity index is 1.93. The monoisotopic (exact) mass is 532 g/mol. The number of hydrogen-bond acceptors (Lipinski definition) is 6. The third-order valence-electron chi connectivity index (χ3n) is 8.72. The molecule has 0 aromatic rings. The van der Waals surface area contributed by atoms with Crippen molar-refractivity contribution in [2.45, 2.75) is 102 Å². The molecule has 0 aliphatic carbocycles. The minimum Gasteiger partial charge on any atom is -0.465 e. The number of likely N-dealkylation sites (tertiary alicyclic amines) is 1. The van der Waals surface area contributed by atoms with Crippen molar-refractivity contribution < 1.29 is 29.0 Å². The van der Waals surface area contributed by atoms with Gasteiger partial charge in [0.05, 0.1) is 18.1 Å². The number of fused-ring (bicyclic) bond motifs is 1. The number of amides is 2. The van der Waals surface area contributed by atoms with Crippen molar-refractivity contribution in [1.29, 1.82) is 0 Å². The highest BCUT2D eigenvalue weighted by atomic mass is 16.6. The van der Waals surface area contributed by atoms with Crippen LogP contribution in [0.2, 0.25) is 0 Å². The molecule has 3 saturated heterocycles. The number of aliphatic hydroxyl groups is 1. The zero-order chi connectivity index (χ0) is 27.8. The Kier molecular flexibility index (Phi) is 11.0. The molecule has 0 aromatic carbocycles. The van der Waals surface area contributed by atoms with Gasteiger partial charge in [0.15, 0.2) is 0 Å². The first kappa shape index (κ1) is 30.4. The standard InChI is InChI=1S/C30H48N2O6/c1-5-9-11-15-22-37-28(36)24-23-26(34)32(20-13-14-21-33)25(30(23)17-16-29(24,8-4)38-30)27(35)31(18-7-3)19-12-10-6-2/h5,7,23-25,33H,1,3,6,8-22H2,2,4H3/t23-,24+,25?,29-,30?/m0/s1. The van der Waals surface area contributed by atoms with E-state index in [-0.39, 0.29) is 24.4 Å². The van der Waals surface area contributed by atoms with Crippen molar-refractivity contribution in [2.24, 2.45) is 11.8 Å². The van der Waals surface area contributed by atoms with Gasteiger partial charge in [-0.15, -0.1) is 13.2 Å². The Morgan fingerprint density at radius 1 is 1.13 bits per heavy atom. The number of rotatable bonds is 18. The van der Waals surface area contributed by atoms with Gasteiger partial charge in [-0.3, -0.25) is 14.4 Å². The molecule has 0 saturated carbocycles. The highest BCUT2D eigenvalue weighted by Gasteiger charge is 2.79. The van der Waals surface area contributed by atoms with Crippen LogP contribution in [0.15, 0.2) is 25.3 Å². The summed E-state index contributed by atoms with van der Waals surface area (Å²) in [4.78, 5) is 45.3. The Hall–Kier alpha value is -2.19. The van der Waals surface area contributed by atoms with E-state index >= 15 is 0 Å². The molecule has 5 atom stereocenters. The number of carbonyl (C=O) groups is 3. The molecule has 1 spiro atoms. The minimum atomic E-state index is -1.04. The van der Waals surface area contributed by atoms with Crippen LogP contribution in [-0.4, -0.2) is 82.8 Å². The molecular weight excluding hydrogens is 484 g/mol. The van der Waals surface area contributed by atoms with E-state index in [1.54, 1.807) is 15.9 Å². The van der Waals surface area contributed by atoms with Gasteiger partial charge in [0.1, 0.15) is 17.6 Å². The maximum atomic E-state index is 14.2. The number of esters is 1. The normalized spacial score (nSPS) is 29.4. The maximum Gasteiger partial charge on any atom is 0.312 e. The zero-order valence-corrected chi connectivity index (χ0v) is 23.5. The average Bonchev–Trinajstić information content (AvgIpc) is 3.51. The van der Waals surface area contributed by atoms with Gasteiger partial charge in [-0.25, -0.2) is 0 Å². The number of unbranched alkanes of at least 4 members (excludes halogenated alkanes) is 5. The molecule has 0 radical (unpaired) electrons. The van der Waals surface area contributed by atoms with Crippen LogP contribution >= 0.6 is 0 Å². The van der Waals surface area contributed by atoms with Crippen LogP contribution in [0.4, 0.5) is 0 Å². The van der Waals surface area contributed by atoms with Crippen LogP contribution in [0.25, 0.3) is 0 Å². The fourth-order valence-electron chi connectivity index (χ4n) is 6.82. The Labute approximate surface area is 228 Å². The molecule has 38 heavy (non-hydrogen) atoms. The lowest BCUT2D eigenvalue weighted by Crippen LogP contribution is -2.56. The van der Waals surface area contributed by atoms with Gasteiger partial charge in [-0.2, -0.15) is 0 Å². The summed E-state index contributed by atoms with van der Waals surface area (Å²) < 4.78 is 12.5. The summed E-state index contributed by atoms with van der Waals surface area (Å²) in [5.41, 5.74) is -1.83. The topological polar surface area (TPSA) is 96.4 Å². The van der Waals surface area contributed by atoms with Gasteiger partial charge in [0, 0.05) is 26.2 Å². The quantitative estimate of drug-likeness (QED) is 0.163. The molecule has 2 bridgehead atoms. The fourth-order valence-corrected chi connectivity index (χ4v) is 6.82. The summed E-state index contributed by atoms with van der Waals surface area (Å²) in [7, 11) is 0. The Morgan fingerprint density at radius 3 is 2.58 bits per heavy atom. The van der Waals surface area contributed by atoms with Crippen LogP contribution in [-0.2, 0) is 23.9 Å². The van der Waals surface area contributed by atoms with Crippen LogP contribution in [0, 0.1) is 11.8 Å². The van der Waals surface area contributed by atoms with Gasteiger partial charge in [-0.1, -0.05) is 38.8 Å². The SMILES string of the molecule is C=CCCCCOC(=O)[C@H]1[C@H]2C(=O)N(CCCCO)C(C(=O)N(CC=C)CCCCC)C23CC[C@]1(CC)O3. The van der Waals surface area contributed by atoms with E-state index in [4.69, 9.17) is 9.47 Å². The number of aliphatic hydroxyl groups excluding tert-OH is 1. The number of allylic oxidation sites excluding steroid dienone is 1. The molecule has 8 heteroatoms. The van der Waals surface area contributed by atoms with Crippen molar-refractivity contribution in [2.75, 3.05) is 32.8 Å². The lowest BCUT2D eigenvalue weighted by Gasteiger charge is -2.37. The Bertz CT molecular complexity index is 862. The third-order valence-corrected chi connectivity index (χ3v) is 8.72. The van der Waals surface area contributed by atoms with Crippen LogP contribution in [0.5, 0.6) is 0 Å². The number of hydrogen-bond donors (Lipinski definition) is 1. The molecule has 3 aliphatic rings. The van der Waals surface area contributed by atoms with Crippen molar-refractivity contribution in [1.82, 2.24) is 9.80 Å². The molecule has 3 rings (SSSR count). The Morgan fingerprint density at radius 2 is 1.92 bits per heavy atom. The van der Waals surface area contributed by atoms with Gasteiger partial charge in [-0.05, 0) is 57.8 Å². The summed E-state index contributed by atoms with van der Waals surface area (Å²) in [6, 6.07) is -0.793. The summed E-state index contributed by atoms with van der Waals surface area (Å²) >= 11 is 0. The second-order valence-corrected chi connectivity index (χ2v) is 11.0. The molecular formula is C30H48N2O6. The second-order valence-electron chi connectivity index (χ2n) is 11.0. The predicted octanol–water partition coefficient (Wildman–Crippen LogP) is 4.02. The van der Waals surface area contributed by atoms with Gasteiger partial charge in [0.25, 0.3) is 0 Å². The molecule has 2 amide bonds. The molecule has 1 N–H and O–H groups in total. The highest BCUT2D eigenvalue weighted by molar-refractivity contribution is 5.98. The molecule has 8 nitrogen and oxygen atoms in total. The number of ether oxygens (including phenoxy) is 2. The summed E-state index contributed by atoms with van der Waals surface area (Å²) in [6.07, 6.45) is 11.8. The maximum absolute atomic E-state index is 14.2. The third kappa shape index (κ3) is 5.71. The van der Waals surface area contributed by atoms with Crippen molar-refractivity contribution >= 4 is 17.8 Å². The molecule has 3 fully saturated rings. The van der Waals surface area contributed by atoms with Gasteiger partial charge in [0.2, 0.25) is 11.8 Å². The summed E-state index contributed by atoms with van der Waals surface area (Å²) in [5.74, 6) is -2.18. The lowest BCUT2D eigenvalue weighted by atomic mass is 9.65. The van der Waals surface area contributed by atoms with E-state index < -0.39 is 29.1 Å². The van der Waals surface area contributed by atoms with Crippen LogP contribution in [0.3, 0.4) is 0 Å². The molecule has 214 valence electrons. The smallest absolute Gasteiger partial charge is 0.312 e. The molecule has 0 aromatic heterocycles. The number of carbonyl (C=O) groups excluding carboxylic acids is 3. The molecule has 2 unspecified atom stereocenters. The molecule has 3 aliphatic heterocycles. The van der Waals surface area contributed by atoms with E-state index in [1.807, 2.05) is 13.0 Å². The van der Waals surface area contributed by atoms with Crippen molar-refractivity contribution in [3.05, 3.63) is 25.3 Å². The lowest BCUT2D eigenvalue weighted by molar-refractivity contribution is -0.162. The first-order chi connectivity index (χ1) is 18.4. The molecule has 3 heterocycles. The zero-order valence-electron chi connectivity index (χ0n) is 23.5. The highest BCUT2D eigenvalue weighted by Crippen LogP contribution is 2.64. The average molecular weight is 533 g/mol. The van der Waals surface area contributed by atoms with Crippen LogP contribution < -0.4 is 0 Å². The van der Waals surface area contributed by atoms with Crippen molar-refractivity contribution in [3.8, 4) is 0 Å². The predicted molar refractivity (Wildman–Crippen MR) is 146 cm³/mol. The minimum absolute atomic E-state index is 0.0189. The van der Waals surface area contributed by atoms with E-state index in [0.717, 1.165) is 38.5 Å². The van der Waals surface area contributed by atoms with Crippen molar-refractivity contribution in [3.63, 3.8) is 0 Å². The van der Waals surface area contributed by atoms with E-state index in [9.17, 15) is 19.5 Å². The summed E-state index contributed by atoms with van der Waals surface area (Å²) in [6.45, 7) is 13.3. The van der Waals surface area contributed by atoms with E-state index in [2.05, 4.69) is 20.1 Å². The van der Waals surface area contributed by atoms with Crippen LogP contribution in [0.1, 0.15) is 84.5 Å². The van der Waals surface area contributed by atoms with E-state index in [0.29, 0.717) is 58.3 Å². The van der Waals surface area contributed by atoms with E-state index in [1.165, 1.54) is 0 Å². The fraction of sp³-hybridized carbons (Fsp3) is 0.767. The van der Waals surface area contributed by atoms with Gasteiger partial charge < -0.3 is 24.4 Å². The largest absolute Gasteiger partial charge is 0.465 e. The van der Waals surface area contributed by atoms with Gasteiger partial charge >= 0.3 is 5.97 Å². The first-order valence-corrected chi connectivity index (χ1v) is 14.7. The second kappa shape index (κ2) is 13.7. The number of nitrogens with zero attached hydrogens (tertiary/aromatic N) is 2.